The zero-order chi connectivity index (χ0) is 45.6. The number of thiophene rings is 1. The molecule has 8 rings (SSSR count). The number of para-hydroxylation sites is 1. The van der Waals surface area contributed by atoms with Crippen LogP contribution in [0.15, 0.2) is 54.0 Å². The number of aromatic nitrogens is 3. The number of β-amino-alcohol motifs (C(OH)–C–C–N with tert-alkyl or cyclic N) is 1. The normalized spacial score (nSPS) is 20.6. The molecule has 1 aliphatic carbocycles. The van der Waals surface area contributed by atoms with Gasteiger partial charge in [0.05, 0.1) is 34.5 Å². The number of phenols is 1. The van der Waals surface area contributed by atoms with Crippen LogP contribution < -0.4 is 15.4 Å². The molecular formula is C48H58FN7O6S2. The summed E-state index contributed by atoms with van der Waals surface area (Å²) in [5.41, 5.74) is 2.84. The van der Waals surface area contributed by atoms with Crippen molar-refractivity contribution in [3.63, 3.8) is 0 Å². The smallest absolute Gasteiger partial charge is 0.258 e. The number of piperidine rings is 1. The minimum Gasteiger partial charge on any atom is -0.507 e. The van der Waals surface area contributed by atoms with Crippen molar-refractivity contribution in [3.8, 4) is 33.2 Å². The van der Waals surface area contributed by atoms with Gasteiger partial charge < -0.3 is 35.4 Å². The Morgan fingerprint density at radius 1 is 1.05 bits per heavy atom. The largest absolute Gasteiger partial charge is 0.507 e. The lowest BCUT2D eigenvalue weighted by molar-refractivity contribution is -0.149. The van der Waals surface area contributed by atoms with E-state index >= 15 is 0 Å². The zero-order valence-electron chi connectivity index (χ0n) is 37.4. The van der Waals surface area contributed by atoms with Crippen molar-refractivity contribution in [1.82, 2.24) is 35.6 Å². The van der Waals surface area contributed by atoms with Gasteiger partial charge in [0.25, 0.3) is 5.91 Å². The van der Waals surface area contributed by atoms with E-state index in [0.717, 1.165) is 70.8 Å². The Balaban J connectivity index is 0.895. The summed E-state index contributed by atoms with van der Waals surface area (Å²) in [6, 6.07) is 14.0. The zero-order valence-corrected chi connectivity index (χ0v) is 39.0. The van der Waals surface area contributed by atoms with Crippen LogP contribution in [0, 0.1) is 19.3 Å². The molecule has 4 N–H and O–H groups in total. The first-order valence-electron chi connectivity index (χ1n) is 22.2. The molecular weight excluding hydrogens is 854 g/mol. The van der Waals surface area contributed by atoms with Crippen molar-refractivity contribution in [1.29, 1.82) is 0 Å². The Morgan fingerprint density at radius 2 is 1.80 bits per heavy atom. The van der Waals surface area contributed by atoms with E-state index in [1.54, 1.807) is 62.5 Å². The summed E-state index contributed by atoms with van der Waals surface area (Å²) in [6.45, 7) is 14.4. The SMILES string of the molecule is Cc1ncsc1-c1ccc(CNC(=O)[C@]2(C)C[C@@H](O)CN2C(=O)[C@@H](NC(=O)C2(F)CC2)C(C)(C)C)c(OCCCN2CCC(c3sc4nnc(-c5ccccc5O)cc4c3C)CC2)c1. The Labute approximate surface area is 381 Å². The molecule has 5 aromatic rings. The van der Waals surface area contributed by atoms with Gasteiger partial charge in [0.15, 0.2) is 5.67 Å². The Kier molecular flexibility index (Phi) is 12.9. The maximum atomic E-state index is 14.7. The van der Waals surface area contributed by atoms with E-state index in [9.17, 15) is 29.0 Å². The van der Waals surface area contributed by atoms with Crippen LogP contribution >= 0.6 is 22.7 Å². The molecule has 3 aromatic heterocycles. The Morgan fingerprint density at radius 3 is 2.48 bits per heavy atom. The molecule has 2 aromatic carbocycles. The fourth-order valence-electron chi connectivity index (χ4n) is 9.06. The monoisotopic (exact) mass is 911 g/mol. The third-order valence-electron chi connectivity index (χ3n) is 13.1. The number of nitrogens with one attached hydrogen (secondary N) is 2. The van der Waals surface area contributed by atoms with Crippen LogP contribution in [0.2, 0.25) is 0 Å². The molecule has 16 heteroatoms. The summed E-state index contributed by atoms with van der Waals surface area (Å²) in [6.07, 6.45) is 2.15. The van der Waals surface area contributed by atoms with Crippen molar-refractivity contribution in [2.24, 2.45) is 5.41 Å². The second-order valence-corrected chi connectivity index (χ2v) is 20.9. The van der Waals surface area contributed by atoms with Crippen LogP contribution in [0.25, 0.3) is 31.9 Å². The quantitative estimate of drug-likeness (QED) is 0.0821. The van der Waals surface area contributed by atoms with Crippen LogP contribution in [-0.2, 0) is 20.9 Å². The number of hydrogen-bond donors (Lipinski definition) is 4. The van der Waals surface area contributed by atoms with E-state index < -0.39 is 46.5 Å². The number of ether oxygens (including phenoxy) is 1. The average Bonchev–Trinajstić information content (AvgIpc) is 3.55. The van der Waals surface area contributed by atoms with E-state index in [2.05, 4.69) is 37.6 Å². The first-order chi connectivity index (χ1) is 30.4. The maximum Gasteiger partial charge on any atom is 0.258 e. The summed E-state index contributed by atoms with van der Waals surface area (Å²) in [7, 11) is 0. The van der Waals surface area contributed by atoms with Crippen LogP contribution in [0.5, 0.6) is 11.5 Å². The molecule has 340 valence electrons. The number of aryl methyl sites for hydroxylation is 2. The van der Waals surface area contributed by atoms with Crippen molar-refractivity contribution < 1.29 is 33.7 Å². The molecule has 2 saturated heterocycles. The number of rotatable bonds is 14. The van der Waals surface area contributed by atoms with Crippen LogP contribution in [0.1, 0.15) is 93.8 Å². The number of alkyl halides is 1. The summed E-state index contributed by atoms with van der Waals surface area (Å²) >= 11 is 3.27. The number of thiazole rings is 1. The summed E-state index contributed by atoms with van der Waals surface area (Å²) in [5, 5.41) is 36.9. The first-order valence-corrected chi connectivity index (χ1v) is 23.9. The van der Waals surface area contributed by atoms with Gasteiger partial charge in [-0.05, 0) is 113 Å². The minimum atomic E-state index is -1.97. The van der Waals surface area contributed by atoms with Gasteiger partial charge in [-0.3, -0.25) is 14.4 Å². The second-order valence-electron chi connectivity index (χ2n) is 19.0. The van der Waals surface area contributed by atoms with Gasteiger partial charge in [0.2, 0.25) is 11.8 Å². The highest BCUT2D eigenvalue weighted by Gasteiger charge is 2.55. The highest BCUT2D eigenvalue weighted by Crippen LogP contribution is 2.42. The predicted molar refractivity (Wildman–Crippen MR) is 247 cm³/mol. The average molecular weight is 912 g/mol. The van der Waals surface area contributed by atoms with Gasteiger partial charge in [0.1, 0.15) is 27.9 Å². The Hall–Kier alpha value is -5.03. The fourth-order valence-corrected chi connectivity index (χ4v) is 11.1. The number of aliphatic hydroxyl groups is 1. The summed E-state index contributed by atoms with van der Waals surface area (Å²) in [5.74, 6) is -0.549. The first kappa shape index (κ1) is 45.5. The topological polar surface area (TPSA) is 170 Å². The van der Waals surface area contributed by atoms with E-state index in [4.69, 9.17) is 4.74 Å². The number of carbonyl (C=O) groups is 3. The van der Waals surface area contributed by atoms with Crippen LogP contribution in [-0.4, -0.2) is 109 Å². The predicted octanol–water partition coefficient (Wildman–Crippen LogP) is 7.45. The molecule has 0 unspecified atom stereocenters. The van der Waals surface area contributed by atoms with Gasteiger partial charge in [0, 0.05) is 47.4 Å². The van der Waals surface area contributed by atoms with E-state index in [-0.39, 0.29) is 38.1 Å². The van der Waals surface area contributed by atoms with Crippen LogP contribution in [0.4, 0.5) is 4.39 Å². The van der Waals surface area contributed by atoms with Gasteiger partial charge in [-0.2, -0.15) is 0 Å². The highest BCUT2D eigenvalue weighted by atomic mass is 32.1. The Bertz CT molecular complexity index is 2540. The molecule has 3 fully saturated rings. The van der Waals surface area contributed by atoms with Crippen molar-refractivity contribution in [2.75, 3.05) is 32.8 Å². The van der Waals surface area contributed by atoms with Crippen LogP contribution in [0.3, 0.4) is 0 Å². The lowest BCUT2D eigenvalue weighted by atomic mass is 9.84. The fraction of sp³-hybridized carbons (Fsp3) is 0.500. The lowest BCUT2D eigenvalue weighted by Crippen LogP contribution is -2.62. The molecule has 0 bridgehead atoms. The lowest BCUT2D eigenvalue weighted by Gasteiger charge is -2.39. The number of halogens is 1. The molecule has 64 heavy (non-hydrogen) atoms. The number of carbonyl (C=O) groups excluding carboxylic acids is 3. The molecule has 13 nitrogen and oxygen atoms in total. The van der Waals surface area contributed by atoms with Crippen molar-refractivity contribution in [3.05, 3.63) is 75.7 Å². The number of benzene rings is 2. The molecule has 0 spiro atoms. The van der Waals surface area contributed by atoms with Gasteiger partial charge in [-0.1, -0.05) is 45.0 Å². The molecule has 2 aliphatic heterocycles. The maximum absolute atomic E-state index is 14.7. The van der Waals surface area contributed by atoms with E-state index in [1.165, 1.54) is 15.3 Å². The molecule has 0 radical (unpaired) electrons. The summed E-state index contributed by atoms with van der Waals surface area (Å²) in [4.78, 5) is 52.6. The number of phenolic OH excluding ortho intramolecular Hbond substituents is 1. The van der Waals surface area contributed by atoms with Crippen molar-refractivity contribution in [2.45, 2.75) is 116 Å². The highest BCUT2D eigenvalue weighted by molar-refractivity contribution is 7.19. The van der Waals surface area contributed by atoms with Gasteiger partial charge >= 0.3 is 0 Å². The summed E-state index contributed by atoms with van der Waals surface area (Å²) < 4.78 is 21.2. The second kappa shape index (κ2) is 18.1. The van der Waals surface area contributed by atoms with E-state index in [1.807, 2.05) is 48.8 Å². The number of aliphatic hydroxyl groups excluding tert-OH is 1. The number of nitrogens with zero attached hydrogens (tertiary/aromatic N) is 5. The number of likely N-dealkylation sites (tertiary alicyclic amines) is 2. The molecule has 3 atom stereocenters. The molecule has 3 aliphatic rings. The molecule has 5 heterocycles. The van der Waals surface area contributed by atoms with Gasteiger partial charge in [-0.15, -0.1) is 32.9 Å². The molecule has 3 amide bonds. The third-order valence-corrected chi connectivity index (χ3v) is 15.5. The van der Waals surface area contributed by atoms with E-state index in [0.29, 0.717) is 29.5 Å². The molecule has 1 saturated carbocycles. The minimum absolute atomic E-state index is 0.00667. The number of amides is 3. The number of fused-ring (bicyclic) bond motifs is 1. The standard InChI is InChI=1S/C48H58FN7O6S2/c1-28-35-23-36(34-10-7-8-11-37(34)58)53-54-42(35)64-39(28)30-14-19-55(20-15-30)18-9-21-62-38-22-31(40-29(2)51-27-63-40)12-13-32(38)25-50-44(60)47(6)24-33(57)26-56(47)43(59)41(46(3,4)5)52-45(61)48(49)16-17-48/h7-8,10-13,22-23,27,30,33,41,57-58H,9,14-21,24-26H2,1-6H3,(H,50,60)(H,52,61)/t33-,41-,47+/m1/s1. The van der Waals surface area contributed by atoms with Crippen molar-refractivity contribution >= 4 is 50.6 Å². The number of hydrogen-bond acceptors (Lipinski definition) is 12. The van der Waals surface area contributed by atoms with Gasteiger partial charge in [-0.25, -0.2) is 9.37 Å². The number of aromatic hydroxyl groups is 1. The third kappa shape index (κ3) is 9.38.